The van der Waals surface area contributed by atoms with Crippen LogP contribution in [0.4, 0.5) is 17.6 Å². The van der Waals surface area contributed by atoms with Crippen LogP contribution in [0, 0.1) is 0 Å². The molecule has 0 aromatic carbocycles. The second-order valence-corrected chi connectivity index (χ2v) is 0.610. The van der Waals surface area contributed by atoms with Gasteiger partial charge in [0, 0.05) is 0 Å². The molecule has 0 saturated carbocycles. The average molecular weight is 142 g/mol. The Labute approximate surface area is 47.0 Å². The third kappa shape index (κ3) is 20.1. The predicted molar refractivity (Wildman–Crippen MR) is 21.5 cm³/mol. The van der Waals surface area contributed by atoms with E-state index in [0.717, 1.165) is 0 Å². The molecule has 3 nitrogen and oxygen atoms in total. The normalized spacial score (nSPS) is 6.22. The van der Waals surface area contributed by atoms with E-state index in [9.17, 15) is 17.6 Å². The van der Waals surface area contributed by atoms with Crippen molar-refractivity contribution in [3.05, 3.63) is 28.1 Å². The van der Waals surface area contributed by atoms with Crippen LogP contribution in [-0.2, 0) is 0 Å². The van der Waals surface area contributed by atoms with E-state index in [4.69, 9.17) is 11.1 Å². The second kappa shape index (κ2) is 6.77. The van der Waals surface area contributed by atoms with Crippen molar-refractivity contribution in [3.8, 4) is 0 Å². The summed E-state index contributed by atoms with van der Waals surface area (Å²) < 4.78 is 41.1. The summed E-state index contributed by atoms with van der Waals surface area (Å²) in [5.41, 5.74) is 13.5. The molecule has 0 aliphatic rings. The molecule has 0 aliphatic heterocycles. The van der Waals surface area contributed by atoms with Crippen LogP contribution < -0.4 is 0 Å². The van der Waals surface area contributed by atoms with Crippen molar-refractivity contribution >= 4 is 0 Å². The van der Waals surface area contributed by atoms with Crippen LogP contribution in [0.2, 0.25) is 0 Å². The summed E-state index contributed by atoms with van der Waals surface area (Å²) >= 11 is 0. The first-order valence-corrected chi connectivity index (χ1v) is 1.41. The maximum absolute atomic E-state index is 10.3. The van der Waals surface area contributed by atoms with E-state index < -0.39 is 12.2 Å². The summed E-state index contributed by atoms with van der Waals surface area (Å²) in [6.45, 7) is 0. The maximum Gasteiger partial charge on any atom is 0.334 e. The molecule has 0 amide bonds. The van der Waals surface area contributed by atoms with Crippen molar-refractivity contribution in [2.75, 3.05) is 0 Å². The lowest BCUT2D eigenvalue weighted by atomic mass is 11.1. The van der Waals surface area contributed by atoms with Gasteiger partial charge in [-0.1, -0.05) is 0 Å². The number of halogens is 4. The fraction of sp³-hybridized carbons (Fsp3) is 0. The molecular formula is C2F4N3-. The Morgan fingerprint density at radius 3 is 1.00 bits per heavy atom. The monoisotopic (exact) mass is 142 g/mol. The van der Waals surface area contributed by atoms with Crippen LogP contribution in [-0.4, -0.2) is 0 Å². The van der Waals surface area contributed by atoms with Gasteiger partial charge in [0.2, 0.25) is 0 Å². The van der Waals surface area contributed by atoms with Crippen LogP contribution in [0.15, 0.2) is 12.2 Å². The van der Waals surface area contributed by atoms with Gasteiger partial charge >= 0.3 is 12.2 Å². The van der Waals surface area contributed by atoms with Gasteiger partial charge < -0.3 is 11.1 Å². The third-order valence-electron chi connectivity index (χ3n) is 0.143. The van der Waals surface area contributed by atoms with Crippen molar-refractivity contribution in [2.45, 2.75) is 0 Å². The highest BCUT2D eigenvalue weighted by Crippen LogP contribution is 2.08. The molecule has 0 N–H and O–H groups in total. The minimum Gasteiger partial charge on any atom is -0.373 e. The topological polar surface area (TPSA) is 58.7 Å². The second-order valence-electron chi connectivity index (χ2n) is 0.610. The first kappa shape index (κ1) is 10.7. The highest BCUT2D eigenvalue weighted by atomic mass is 19.3. The van der Waals surface area contributed by atoms with E-state index in [1.54, 1.807) is 0 Å². The van der Waals surface area contributed by atoms with Crippen molar-refractivity contribution in [1.29, 1.82) is 0 Å². The van der Waals surface area contributed by atoms with Gasteiger partial charge in [0.15, 0.2) is 0 Å². The molecule has 0 fully saturated rings. The lowest BCUT2D eigenvalue weighted by Gasteiger charge is -1.69. The van der Waals surface area contributed by atoms with E-state index in [2.05, 4.69) is 0 Å². The van der Waals surface area contributed by atoms with E-state index >= 15 is 0 Å². The summed E-state index contributed by atoms with van der Waals surface area (Å²) in [4.78, 5) is 1.50. The number of rotatable bonds is 0. The van der Waals surface area contributed by atoms with Gasteiger partial charge in [-0.05, 0) is 0 Å². The van der Waals surface area contributed by atoms with Crippen molar-refractivity contribution in [3.63, 3.8) is 0 Å². The maximum atomic E-state index is 10.3. The van der Waals surface area contributed by atoms with Crippen molar-refractivity contribution < 1.29 is 17.6 Å². The number of hydrogen-bond acceptors (Lipinski definition) is 0. The van der Waals surface area contributed by atoms with Crippen LogP contribution in [0.5, 0.6) is 0 Å². The molecule has 0 aromatic rings. The molecule has 0 spiro atoms. The Bertz CT molecular complexity index is 117. The highest BCUT2D eigenvalue weighted by Gasteiger charge is 1.98. The first-order chi connectivity index (χ1) is 4.06. The SMILES string of the molecule is FC(F)=C(F)F.[N-]=[N+]=[N-]. The third-order valence-corrected chi connectivity index (χ3v) is 0.143. The highest BCUT2D eigenvalue weighted by molar-refractivity contribution is 4.77. The largest absolute Gasteiger partial charge is 0.373 e. The zero-order chi connectivity index (χ0) is 7.86. The molecule has 0 bridgehead atoms. The predicted octanol–water partition coefficient (Wildman–Crippen LogP) is 2.86. The average Bonchev–Trinajstić information content (AvgIpc) is 1.68. The molecule has 7 heteroatoms. The van der Waals surface area contributed by atoms with Crippen LogP contribution in [0.25, 0.3) is 16.0 Å². The van der Waals surface area contributed by atoms with Gasteiger partial charge in [0.1, 0.15) is 0 Å². The lowest BCUT2D eigenvalue weighted by molar-refractivity contribution is 0.308. The zero-order valence-corrected chi connectivity index (χ0v) is 3.85. The fourth-order valence-corrected chi connectivity index (χ4v) is 0. The quantitative estimate of drug-likeness (QED) is 0.216. The van der Waals surface area contributed by atoms with E-state index in [1.165, 1.54) is 4.91 Å². The zero-order valence-electron chi connectivity index (χ0n) is 3.85. The molecule has 0 radical (unpaired) electrons. The smallest absolute Gasteiger partial charge is 0.334 e. The van der Waals surface area contributed by atoms with E-state index in [-0.39, 0.29) is 0 Å². The van der Waals surface area contributed by atoms with Crippen LogP contribution in [0.1, 0.15) is 0 Å². The first-order valence-electron chi connectivity index (χ1n) is 1.41. The molecule has 0 atom stereocenters. The lowest BCUT2D eigenvalue weighted by Crippen LogP contribution is -1.56. The van der Waals surface area contributed by atoms with Crippen LogP contribution in [0.3, 0.4) is 0 Å². The van der Waals surface area contributed by atoms with Gasteiger partial charge in [-0.25, -0.2) is 0 Å². The van der Waals surface area contributed by atoms with Gasteiger partial charge in [0.25, 0.3) is 0 Å². The summed E-state index contributed by atoms with van der Waals surface area (Å²) in [7, 11) is 0. The van der Waals surface area contributed by atoms with Crippen LogP contribution >= 0.6 is 0 Å². The Balaban J connectivity index is 0. The Morgan fingerprint density at radius 1 is 0.889 bits per heavy atom. The molecular weight excluding hydrogens is 142 g/mol. The van der Waals surface area contributed by atoms with Gasteiger partial charge in [0.05, 0.1) is 0 Å². The van der Waals surface area contributed by atoms with Gasteiger partial charge in [-0.15, -0.1) is 0 Å². The Kier molecular flexibility index (Phi) is 8.05. The number of hydrogen-bond donors (Lipinski definition) is 0. The molecule has 0 aromatic heterocycles. The van der Waals surface area contributed by atoms with Gasteiger partial charge in [-0.2, -0.15) is 17.6 Å². The molecule has 0 saturated heterocycles. The summed E-state index contributed by atoms with van der Waals surface area (Å²) in [6, 6.07) is 0. The Hall–Kier alpha value is -1.23. The molecule has 9 heavy (non-hydrogen) atoms. The molecule has 0 aliphatic carbocycles. The van der Waals surface area contributed by atoms with Crippen molar-refractivity contribution in [2.24, 2.45) is 0 Å². The fourth-order valence-electron chi connectivity index (χ4n) is 0. The summed E-state index contributed by atoms with van der Waals surface area (Å²) in [5, 5.41) is 0. The van der Waals surface area contributed by atoms with E-state index in [0.29, 0.717) is 0 Å². The molecule has 0 unspecified atom stereocenters. The van der Waals surface area contributed by atoms with Gasteiger partial charge in [-0.3, -0.25) is 4.91 Å². The summed E-state index contributed by atoms with van der Waals surface area (Å²) in [5.74, 6) is 0. The standard InChI is InChI=1S/C2F4.N3/c3-1(4)2(5)6;1-3-2/q;-1. The molecule has 0 heterocycles. The molecule has 0 rings (SSSR count). The minimum absolute atomic E-state index is 1.50. The van der Waals surface area contributed by atoms with Crippen molar-refractivity contribution in [1.82, 2.24) is 0 Å². The Morgan fingerprint density at radius 2 is 1.00 bits per heavy atom. The summed E-state index contributed by atoms with van der Waals surface area (Å²) in [6.07, 6.45) is -5.81. The number of nitrogens with zero attached hydrogens (tertiary/aromatic N) is 3. The minimum atomic E-state index is -2.91. The van der Waals surface area contributed by atoms with E-state index in [1.807, 2.05) is 0 Å². The molecule has 52 valence electrons.